The minimum Gasteiger partial charge on any atom is -0.312 e. The Balaban J connectivity index is 2.89. The molecule has 0 fully saturated rings. The van der Waals surface area contributed by atoms with E-state index in [1.165, 1.54) is 24.3 Å². The van der Waals surface area contributed by atoms with E-state index in [-0.39, 0.29) is 5.56 Å². The number of halogens is 2. The lowest BCUT2D eigenvalue weighted by Crippen LogP contribution is -2.06. The van der Waals surface area contributed by atoms with Crippen molar-refractivity contribution in [3.05, 3.63) is 35.4 Å². The zero-order valence-electron chi connectivity index (χ0n) is 6.74. The molecule has 0 aliphatic rings. The van der Waals surface area contributed by atoms with Gasteiger partial charge in [0.1, 0.15) is 6.04 Å². The van der Waals surface area contributed by atoms with Crippen LogP contribution in [0, 0.1) is 11.3 Å². The van der Waals surface area contributed by atoms with E-state index in [1.807, 2.05) is 6.07 Å². The minimum absolute atomic E-state index is 0.0612. The Morgan fingerprint density at radius 3 is 2.00 bits per heavy atom. The summed E-state index contributed by atoms with van der Waals surface area (Å²) in [6, 6.07) is 6.51. The van der Waals surface area contributed by atoms with Crippen LogP contribution in [-0.2, 0) is 0 Å². The van der Waals surface area contributed by atoms with E-state index in [1.54, 1.807) is 0 Å². The number of hydrogen-bond donors (Lipinski definition) is 1. The number of nitriles is 1. The smallest absolute Gasteiger partial charge is 0.263 e. The van der Waals surface area contributed by atoms with Gasteiger partial charge in [0.15, 0.2) is 0 Å². The van der Waals surface area contributed by atoms with Gasteiger partial charge in [-0.2, -0.15) is 5.26 Å². The number of nitrogens with two attached hydrogens (primary N) is 1. The predicted octanol–water partition coefficient (Wildman–Crippen LogP) is 2.15. The highest BCUT2D eigenvalue weighted by molar-refractivity contribution is 5.28. The highest BCUT2D eigenvalue weighted by Crippen LogP contribution is 2.20. The van der Waals surface area contributed by atoms with Crippen LogP contribution in [0.25, 0.3) is 0 Å². The van der Waals surface area contributed by atoms with Crippen molar-refractivity contribution in [1.82, 2.24) is 0 Å². The van der Waals surface area contributed by atoms with Crippen LogP contribution >= 0.6 is 0 Å². The summed E-state index contributed by atoms with van der Waals surface area (Å²) in [7, 11) is 0. The normalized spacial score (nSPS) is 12.5. The number of nitrogens with zero attached hydrogens (tertiary/aromatic N) is 1. The van der Waals surface area contributed by atoms with Gasteiger partial charge in [-0.1, -0.05) is 24.3 Å². The molecule has 2 nitrogen and oxygen atoms in total. The fraction of sp³-hybridized carbons (Fsp3) is 0.222. The van der Waals surface area contributed by atoms with Gasteiger partial charge < -0.3 is 5.73 Å². The van der Waals surface area contributed by atoms with Crippen molar-refractivity contribution >= 4 is 0 Å². The Hall–Kier alpha value is -1.47. The standard InChI is InChI=1S/C9H8F2N2/c10-9(11)7-3-1-6(2-4-7)8(13)5-12/h1-4,8-9H,13H2. The first-order valence-electron chi connectivity index (χ1n) is 3.68. The van der Waals surface area contributed by atoms with Crippen molar-refractivity contribution in [2.45, 2.75) is 12.5 Å². The molecule has 1 atom stereocenters. The fourth-order valence-corrected chi connectivity index (χ4v) is 0.923. The highest BCUT2D eigenvalue weighted by atomic mass is 19.3. The van der Waals surface area contributed by atoms with Crippen LogP contribution in [0.3, 0.4) is 0 Å². The van der Waals surface area contributed by atoms with Gasteiger partial charge in [-0.25, -0.2) is 8.78 Å². The summed E-state index contributed by atoms with van der Waals surface area (Å²) in [5, 5.41) is 8.44. The topological polar surface area (TPSA) is 49.8 Å². The minimum atomic E-state index is -2.48. The van der Waals surface area contributed by atoms with E-state index in [2.05, 4.69) is 0 Å². The third kappa shape index (κ3) is 2.23. The second-order valence-corrected chi connectivity index (χ2v) is 2.57. The maximum Gasteiger partial charge on any atom is 0.263 e. The summed E-state index contributed by atoms with van der Waals surface area (Å²) < 4.78 is 24.2. The van der Waals surface area contributed by atoms with Gasteiger partial charge in [0.25, 0.3) is 6.43 Å². The molecule has 0 amide bonds. The van der Waals surface area contributed by atoms with Gasteiger partial charge in [-0.3, -0.25) is 0 Å². The van der Waals surface area contributed by atoms with E-state index in [9.17, 15) is 8.78 Å². The van der Waals surface area contributed by atoms with Crippen LogP contribution in [0.2, 0.25) is 0 Å². The van der Waals surface area contributed by atoms with Gasteiger partial charge in [-0.05, 0) is 5.56 Å². The molecule has 4 heteroatoms. The molecule has 0 spiro atoms. The van der Waals surface area contributed by atoms with Crippen LogP contribution in [0.4, 0.5) is 8.78 Å². The number of alkyl halides is 2. The third-order valence-electron chi connectivity index (χ3n) is 1.69. The third-order valence-corrected chi connectivity index (χ3v) is 1.69. The lowest BCUT2D eigenvalue weighted by molar-refractivity contribution is 0.151. The summed E-state index contributed by atoms with van der Waals surface area (Å²) in [6.45, 7) is 0. The van der Waals surface area contributed by atoms with Gasteiger partial charge in [0.2, 0.25) is 0 Å². The first-order valence-corrected chi connectivity index (χ1v) is 3.68. The maximum atomic E-state index is 12.1. The van der Waals surface area contributed by atoms with E-state index in [0.717, 1.165) is 0 Å². The van der Waals surface area contributed by atoms with E-state index in [0.29, 0.717) is 5.56 Å². The van der Waals surface area contributed by atoms with Gasteiger partial charge >= 0.3 is 0 Å². The Morgan fingerprint density at radius 1 is 1.15 bits per heavy atom. The molecule has 0 bridgehead atoms. The van der Waals surface area contributed by atoms with Crippen LogP contribution in [0.1, 0.15) is 23.6 Å². The molecular weight excluding hydrogens is 174 g/mol. The van der Waals surface area contributed by atoms with E-state index >= 15 is 0 Å². The molecule has 0 aromatic heterocycles. The number of hydrogen-bond acceptors (Lipinski definition) is 2. The molecule has 0 aliphatic carbocycles. The summed E-state index contributed by atoms with van der Waals surface area (Å²) >= 11 is 0. The van der Waals surface area contributed by atoms with Crippen LogP contribution in [0.15, 0.2) is 24.3 Å². The average molecular weight is 182 g/mol. The van der Waals surface area contributed by atoms with Gasteiger partial charge in [-0.15, -0.1) is 0 Å². The van der Waals surface area contributed by atoms with Crippen molar-refractivity contribution in [3.63, 3.8) is 0 Å². The molecule has 0 saturated heterocycles. The molecule has 1 unspecified atom stereocenters. The Kier molecular flexibility index (Phi) is 2.93. The summed E-state index contributed by atoms with van der Waals surface area (Å²) in [5.74, 6) is 0. The SMILES string of the molecule is N#CC(N)c1ccc(C(F)F)cc1. The first kappa shape index (κ1) is 9.62. The molecule has 0 saturated carbocycles. The van der Waals surface area contributed by atoms with Crippen molar-refractivity contribution in [1.29, 1.82) is 5.26 Å². The molecule has 1 aromatic rings. The molecule has 0 heterocycles. The zero-order chi connectivity index (χ0) is 9.84. The van der Waals surface area contributed by atoms with Gasteiger partial charge in [0, 0.05) is 5.56 Å². The van der Waals surface area contributed by atoms with Crippen molar-refractivity contribution in [2.75, 3.05) is 0 Å². The largest absolute Gasteiger partial charge is 0.312 e. The average Bonchev–Trinajstić information content (AvgIpc) is 2.17. The summed E-state index contributed by atoms with van der Waals surface area (Å²) in [5.41, 5.74) is 5.86. The fourth-order valence-electron chi connectivity index (χ4n) is 0.923. The summed E-state index contributed by atoms with van der Waals surface area (Å²) in [6.07, 6.45) is -2.48. The predicted molar refractivity (Wildman–Crippen MR) is 43.9 cm³/mol. The van der Waals surface area contributed by atoms with Crippen LogP contribution < -0.4 is 5.73 Å². The highest BCUT2D eigenvalue weighted by Gasteiger charge is 2.08. The Morgan fingerprint density at radius 2 is 1.62 bits per heavy atom. The Bertz CT molecular complexity index is 313. The van der Waals surface area contributed by atoms with Crippen molar-refractivity contribution in [2.24, 2.45) is 5.73 Å². The zero-order valence-corrected chi connectivity index (χ0v) is 6.74. The van der Waals surface area contributed by atoms with Gasteiger partial charge in [0.05, 0.1) is 6.07 Å². The first-order chi connectivity index (χ1) is 6.15. The second-order valence-electron chi connectivity index (χ2n) is 2.57. The Labute approximate surface area is 74.6 Å². The van der Waals surface area contributed by atoms with Crippen LogP contribution in [-0.4, -0.2) is 0 Å². The molecule has 0 radical (unpaired) electrons. The second kappa shape index (κ2) is 3.97. The van der Waals surface area contributed by atoms with Crippen molar-refractivity contribution < 1.29 is 8.78 Å². The number of benzene rings is 1. The summed E-state index contributed by atoms with van der Waals surface area (Å²) in [4.78, 5) is 0. The van der Waals surface area contributed by atoms with E-state index in [4.69, 9.17) is 11.0 Å². The molecule has 1 aromatic carbocycles. The van der Waals surface area contributed by atoms with E-state index < -0.39 is 12.5 Å². The molecule has 68 valence electrons. The molecular formula is C9H8F2N2. The molecule has 13 heavy (non-hydrogen) atoms. The lowest BCUT2D eigenvalue weighted by Gasteiger charge is -2.04. The molecule has 0 aliphatic heterocycles. The molecule has 2 N–H and O–H groups in total. The quantitative estimate of drug-likeness (QED) is 0.761. The monoisotopic (exact) mass is 182 g/mol. The van der Waals surface area contributed by atoms with Crippen LogP contribution in [0.5, 0.6) is 0 Å². The lowest BCUT2D eigenvalue weighted by atomic mass is 10.1. The number of rotatable bonds is 2. The maximum absolute atomic E-state index is 12.1. The van der Waals surface area contributed by atoms with Crippen molar-refractivity contribution in [3.8, 4) is 6.07 Å². The molecule has 1 rings (SSSR count).